The molecule has 0 saturated carbocycles. The summed E-state index contributed by atoms with van der Waals surface area (Å²) in [5.41, 5.74) is 9.95. The number of hydrogen-bond donors (Lipinski definition) is 0. The molecule has 0 aliphatic carbocycles. The molecule has 0 radical (unpaired) electrons. The lowest BCUT2D eigenvalue weighted by Gasteiger charge is -2.10. The van der Waals surface area contributed by atoms with Crippen LogP contribution in [0.3, 0.4) is 0 Å². The van der Waals surface area contributed by atoms with Gasteiger partial charge in [-0.25, -0.2) is 0 Å². The molecular formula is C46H30. The molecule has 9 aromatic carbocycles. The summed E-state index contributed by atoms with van der Waals surface area (Å²) in [5.74, 6) is 0. The van der Waals surface area contributed by atoms with Crippen molar-refractivity contribution in [1.82, 2.24) is 0 Å². The third-order valence-corrected chi connectivity index (χ3v) is 9.42. The molecule has 0 aliphatic rings. The lowest BCUT2D eigenvalue weighted by atomic mass is 9.94. The smallest absolute Gasteiger partial charge is 0.0105 e. The third kappa shape index (κ3) is 4.72. The van der Waals surface area contributed by atoms with Crippen molar-refractivity contribution in [2.75, 3.05) is 0 Å². The second-order valence-electron chi connectivity index (χ2n) is 12.2. The maximum absolute atomic E-state index is 2.31. The van der Waals surface area contributed by atoms with Crippen LogP contribution in [0.25, 0.3) is 87.6 Å². The minimum Gasteiger partial charge on any atom is -0.0616 e. The van der Waals surface area contributed by atoms with Crippen LogP contribution >= 0.6 is 0 Å². The summed E-state index contributed by atoms with van der Waals surface area (Å²) >= 11 is 0. The maximum Gasteiger partial charge on any atom is -0.0105 e. The molecule has 0 heterocycles. The Morgan fingerprint density at radius 1 is 0.196 bits per heavy atom. The minimum absolute atomic E-state index is 1.23. The summed E-state index contributed by atoms with van der Waals surface area (Å²) in [6, 6.07) is 66.6. The maximum atomic E-state index is 2.31. The molecule has 0 fully saturated rings. The number of rotatable bonds is 4. The zero-order valence-electron chi connectivity index (χ0n) is 25.3. The van der Waals surface area contributed by atoms with E-state index in [-0.39, 0.29) is 0 Å². The van der Waals surface area contributed by atoms with Crippen molar-refractivity contribution in [1.29, 1.82) is 0 Å². The van der Waals surface area contributed by atoms with Gasteiger partial charge in [0.15, 0.2) is 0 Å². The Bertz CT molecular complexity index is 2560. The second-order valence-corrected chi connectivity index (χ2v) is 12.2. The third-order valence-electron chi connectivity index (χ3n) is 9.42. The highest BCUT2D eigenvalue weighted by atomic mass is 14.1. The normalized spacial score (nSPS) is 11.5. The van der Waals surface area contributed by atoms with Crippen LogP contribution in [0.15, 0.2) is 182 Å². The summed E-state index contributed by atoms with van der Waals surface area (Å²) in [7, 11) is 0. The fourth-order valence-corrected chi connectivity index (χ4v) is 6.90. The molecule has 0 unspecified atom stereocenters. The van der Waals surface area contributed by atoms with Crippen molar-refractivity contribution in [3.8, 4) is 44.5 Å². The first-order valence-corrected chi connectivity index (χ1v) is 15.9. The van der Waals surface area contributed by atoms with Crippen molar-refractivity contribution in [2.24, 2.45) is 0 Å². The molecule has 0 spiro atoms. The van der Waals surface area contributed by atoms with Crippen LogP contribution in [0.4, 0.5) is 0 Å². The first kappa shape index (κ1) is 26.4. The van der Waals surface area contributed by atoms with Crippen LogP contribution in [-0.4, -0.2) is 0 Å². The zero-order chi connectivity index (χ0) is 30.5. The number of benzene rings is 9. The van der Waals surface area contributed by atoms with Crippen molar-refractivity contribution in [3.05, 3.63) is 182 Å². The SMILES string of the molecule is c1ccc2cc(-c3ccc4cc(-c5ccc6cc(-c7ccc(-c8cccc9ccccc89)cc7)ccc6c5)ccc4c3)ccc2c1. The van der Waals surface area contributed by atoms with E-state index < -0.39 is 0 Å². The van der Waals surface area contributed by atoms with Gasteiger partial charge in [0.2, 0.25) is 0 Å². The van der Waals surface area contributed by atoms with Gasteiger partial charge in [-0.3, -0.25) is 0 Å². The van der Waals surface area contributed by atoms with Crippen LogP contribution in [0, 0.1) is 0 Å². The molecule has 0 nitrogen and oxygen atoms in total. The first-order valence-electron chi connectivity index (χ1n) is 15.9. The van der Waals surface area contributed by atoms with Crippen LogP contribution in [-0.2, 0) is 0 Å². The van der Waals surface area contributed by atoms with Crippen LogP contribution in [0.2, 0.25) is 0 Å². The average Bonchev–Trinajstić information content (AvgIpc) is 3.13. The molecule has 0 aromatic heterocycles. The molecule has 9 aromatic rings. The summed E-state index contributed by atoms with van der Waals surface area (Å²) in [4.78, 5) is 0. The van der Waals surface area contributed by atoms with Gasteiger partial charge in [0.1, 0.15) is 0 Å². The summed E-state index contributed by atoms with van der Waals surface area (Å²) < 4.78 is 0. The van der Waals surface area contributed by atoms with E-state index in [1.54, 1.807) is 0 Å². The lowest BCUT2D eigenvalue weighted by Crippen LogP contribution is -1.84. The van der Waals surface area contributed by atoms with Gasteiger partial charge in [-0.05, 0) is 118 Å². The average molecular weight is 583 g/mol. The highest BCUT2D eigenvalue weighted by Gasteiger charge is 2.08. The van der Waals surface area contributed by atoms with Crippen molar-refractivity contribution in [3.63, 3.8) is 0 Å². The minimum atomic E-state index is 1.23. The topological polar surface area (TPSA) is 0 Å². The predicted molar refractivity (Wildman–Crippen MR) is 198 cm³/mol. The van der Waals surface area contributed by atoms with E-state index in [0.717, 1.165) is 0 Å². The summed E-state index contributed by atoms with van der Waals surface area (Å²) in [5, 5.41) is 10.1. The Hall–Kier alpha value is -5.98. The number of hydrogen-bond acceptors (Lipinski definition) is 0. The Morgan fingerprint density at radius 2 is 0.543 bits per heavy atom. The monoisotopic (exact) mass is 582 g/mol. The molecule has 0 saturated heterocycles. The molecule has 0 aliphatic heterocycles. The molecule has 0 heteroatoms. The molecule has 0 atom stereocenters. The van der Waals surface area contributed by atoms with Gasteiger partial charge in [-0.15, -0.1) is 0 Å². The van der Waals surface area contributed by atoms with Gasteiger partial charge in [0.05, 0.1) is 0 Å². The van der Waals surface area contributed by atoms with Gasteiger partial charge in [0, 0.05) is 0 Å². The zero-order valence-corrected chi connectivity index (χ0v) is 25.3. The second kappa shape index (κ2) is 10.9. The van der Waals surface area contributed by atoms with Crippen LogP contribution < -0.4 is 0 Å². The largest absolute Gasteiger partial charge is 0.0616 e. The highest BCUT2D eigenvalue weighted by Crippen LogP contribution is 2.34. The van der Waals surface area contributed by atoms with Crippen LogP contribution in [0.1, 0.15) is 0 Å². The molecule has 0 amide bonds. The van der Waals surface area contributed by atoms with E-state index in [4.69, 9.17) is 0 Å². The molecule has 0 N–H and O–H groups in total. The van der Waals surface area contributed by atoms with Gasteiger partial charge in [-0.2, -0.15) is 0 Å². The van der Waals surface area contributed by atoms with E-state index in [0.29, 0.717) is 0 Å². The lowest BCUT2D eigenvalue weighted by molar-refractivity contribution is 1.61. The number of fused-ring (bicyclic) bond motifs is 4. The molecular weight excluding hydrogens is 553 g/mol. The van der Waals surface area contributed by atoms with Crippen LogP contribution in [0.5, 0.6) is 0 Å². The van der Waals surface area contributed by atoms with E-state index in [2.05, 4.69) is 182 Å². The van der Waals surface area contributed by atoms with Crippen molar-refractivity contribution >= 4 is 43.1 Å². The standard InChI is InChI=1S/C46H30/c1-2-8-35-26-37(17-14-31(35)6-1)40-22-23-43-30-44(25-24-42(43)29-40)41-21-20-38-27-36(18-19-39(38)28-41)32-12-15-34(16-13-32)46-11-5-9-33-7-3-4-10-45(33)46/h1-30H. The quantitative estimate of drug-likeness (QED) is 0.194. The van der Waals surface area contributed by atoms with Crippen molar-refractivity contribution < 1.29 is 0 Å². The molecule has 0 bridgehead atoms. The first-order chi connectivity index (χ1) is 22.7. The van der Waals surface area contributed by atoms with E-state index in [1.165, 1.54) is 87.6 Å². The van der Waals surface area contributed by atoms with Gasteiger partial charge >= 0.3 is 0 Å². The van der Waals surface area contributed by atoms with E-state index >= 15 is 0 Å². The Morgan fingerprint density at radius 3 is 1.09 bits per heavy atom. The molecule has 9 rings (SSSR count). The van der Waals surface area contributed by atoms with Crippen molar-refractivity contribution in [2.45, 2.75) is 0 Å². The summed E-state index contributed by atoms with van der Waals surface area (Å²) in [6.07, 6.45) is 0. The molecule has 46 heavy (non-hydrogen) atoms. The van der Waals surface area contributed by atoms with Gasteiger partial charge < -0.3 is 0 Å². The fraction of sp³-hybridized carbons (Fsp3) is 0. The summed E-state index contributed by atoms with van der Waals surface area (Å²) in [6.45, 7) is 0. The Labute approximate surface area is 268 Å². The fourth-order valence-electron chi connectivity index (χ4n) is 6.90. The Balaban J connectivity index is 0.991. The Kier molecular flexibility index (Phi) is 6.25. The van der Waals surface area contributed by atoms with E-state index in [1.807, 2.05) is 0 Å². The van der Waals surface area contributed by atoms with Gasteiger partial charge in [0.25, 0.3) is 0 Å². The van der Waals surface area contributed by atoms with Gasteiger partial charge in [-0.1, -0.05) is 152 Å². The molecule has 214 valence electrons. The predicted octanol–water partition coefficient (Wildman–Crippen LogP) is 13.0. The van der Waals surface area contributed by atoms with E-state index in [9.17, 15) is 0 Å². The highest BCUT2D eigenvalue weighted by molar-refractivity contribution is 5.98.